The number of aromatic nitrogens is 6. The molecule has 2 unspecified atom stereocenters. The summed E-state index contributed by atoms with van der Waals surface area (Å²) in [6.07, 6.45) is 3.35. The maximum Gasteiger partial charge on any atom is 0.274 e. The van der Waals surface area contributed by atoms with Gasteiger partial charge < -0.3 is 19.5 Å². The second kappa shape index (κ2) is 6.66. The number of carbonyl (C=O) groups excluding carboxylic acids is 1. The Labute approximate surface area is 167 Å². The van der Waals surface area contributed by atoms with Crippen LogP contribution in [0.4, 0.5) is 5.95 Å². The van der Waals surface area contributed by atoms with Gasteiger partial charge >= 0.3 is 0 Å². The van der Waals surface area contributed by atoms with E-state index in [-0.39, 0.29) is 18.4 Å². The van der Waals surface area contributed by atoms with Crippen molar-refractivity contribution >= 4 is 11.9 Å². The third kappa shape index (κ3) is 2.87. The number of aliphatic hydroxyl groups excluding tert-OH is 1. The van der Waals surface area contributed by atoms with Crippen LogP contribution in [-0.2, 0) is 7.05 Å². The van der Waals surface area contributed by atoms with E-state index in [1.165, 1.54) is 0 Å². The number of imidazole rings is 1. The van der Waals surface area contributed by atoms with Crippen molar-refractivity contribution in [2.24, 2.45) is 18.4 Å². The standard InChI is InChI=1S/C19H22N8O2/c1-24-9-16(20-13-24)17(29)25-7-14-8-26(11-19(14,10-25)12-28)18-21-22-23-27(18)15-5-3-2-4-6-15/h2-6,9,13-14,28H,7-8,10-12H2,1H3. The SMILES string of the molecule is Cn1cnc(C(=O)N2CC3CN(c4nnnn4-c4ccccc4)CC3(CO)C2)c1. The molecular weight excluding hydrogens is 372 g/mol. The summed E-state index contributed by atoms with van der Waals surface area (Å²) in [5.41, 5.74) is 0.928. The van der Waals surface area contributed by atoms with Gasteiger partial charge in [0.05, 0.1) is 18.6 Å². The number of aliphatic hydroxyl groups is 1. The van der Waals surface area contributed by atoms with Crippen molar-refractivity contribution in [2.45, 2.75) is 0 Å². The van der Waals surface area contributed by atoms with E-state index in [9.17, 15) is 9.90 Å². The van der Waals surface area contributed by atoms with Crippen LogP contribution in [0.2, 0.25) is 0 Å². The highest BCUT2D eigenvalue weighted by atomic mass is 16.3. The van der Waals surface area contributed by atoms with E-state index in [1.54, 1.807) is 26.7 Å². The Morgan fingerprint density at radius 2 is 2.07 bits per heavy atom. The molecule has 2 atom stereocenters. The van der Waals surface area contributed by atoms with Crippen molar-refractivity contribution in [3.63, 3.8) is 0 Å². The Bertz CT molecular complexity index is 1030. The second-order valence-electron chi connectivity index (χ2n) is 7.93. The van der Waals surface area contributed by atoms with Gasteiger partial charge in [-0.15, -0.1) is 0 Å². The number of carbonyl (C=O) groups is 1. The van der Waals surface area contributed by atoms with Gasteiger partial charge in [0, 0.05) is 50.8 Å². The number of likely N-dealkylation sites (tertiary alicyclic amines) is 1. The van der Waals surface area contributed by atoms with Crippen LogP contribution in [0.3, 0.4) is 0 Å². The molecule has 0 aliphatic carbocycles. The number of rotatable bonds is 4. The Morgan fingerprint density at radius 3 is 2.76 bits per heavy atom. The average molecular weight is 394 g/mol. The molecule has 4 heterocycles. The van der Waals surface area contributed by atoms with E-state index in [0.29, 0.717) is 37.8 Å². The smallest absolute Gasteiger partial charge is 0.274 e. The van der Waals surface area contributed by atoms with Crippen molar-refractivity contribution in [1.29, 1.82) is 0 Å². The van der Waals surface area contributed by atoms with E-state index in [4.69, 9.17) is 0 Å². The van der Waals surface area contributed by atoms with E-state index in [0.717, 1.165) is 5.69 Å². The van der Waals surface area contributed by atoms with E-state index < -0.39 is 5.41 Å². The minimum atomic E-state index is -0.391. The van der Waals surface area contributed by atoms with Gasteiger partial charge in [0.15, 0.2) is 0 Å². The zero-order valence-electron chi connectivity index (χ0n) is 16.1. The van der Waals surface area contributed by atoms with Crippen LogP contribution < -0.4 is 4.90 Å². The number of nitrogens with zero attached hydrogens (tertiary/aromatic N) is 8. The third-order valence-corrected chi connectivity index (χ3v) is 6.02. The topological polar surface area (TPSA) is 105 Å². The maximum absolute atomic E-state index is 12.8. The summed E-state index contributed by atoms with van der Waals surface area (Å²) in [6.45, 7) is 2.35. The fraction of sp³-hybridized carbons (Fsp3) is 0.421. The molecule has 5 rings (SSSR count). The van der Waals surface area contributed by atoms with Gasteiger partial charge in [-0.1, -0.05) is 23.3 Å². The number of fused-ring (bicyclic) bond motifs is 1. The maximum atomic E-state index is 12.8. The van der Waals surface area contributed by atoms with E-state index in [1.807, 2.05) is 37.4 Å². The first-order valence-electron chi connectivity index (χ1n) is 9.56. The van der Waals surface area contributed by atoms with Crippen molar-refractivity contribution in [1.82, 2.24) is 34.7 Å². The van der Waals surface area contributed by atoms with Crippen LogP contribution in [-0.4, -0.2) is 78.5 Å². The summed E-state index contributed by atoms with van der Waals surface area (Å²) >= 11 is 0. The number of benzene rings is 1. The molecule has 150 valence electrons. The van der Waals surface area contributed by atoms with Crippen LogP contribution >= 0.6 is 0 Å². The third-order valence-electron chi connectivity index (χ3n) is 6.02. The van der Waals surface area contributed by atoms with Crippen LogP contribution in [0.15, 0.2) is 42.9 Å². The first kappa shape index (κ1) is 17.8. The number of hydrogen-bond donors (Lipinski definition) is 1. The quantitative estimate of drug-likeness (QED) is 0.662. The van der Waals surface area contributed by atoms with Crippen molar-refractivity contribution in [3.8, 4) is 5.69 Å². The molecule has 0 radical (unpaired) electrons. The van der Waals surface area contributed by atoms with Crippen molar-refractivity contribution < 1.29 is 9.90 Å². The Balaban J connectivity index is 1.37. The highest BCUT2D eigenvalue weighted by Crippen LogP contribution is 2.43. The number of hydrogen-bond acceptors (Lipinski definition) is 7. The minimum Gasteiger partial charge on any atom is -0.396 e. The molecule has 2 aliphatic heterocycles. The molecule has 1 N–H and O–H groups in total. The summed E-state index contributed by atoms with van der Waals surface area (Å²) in [4.78, 5) is 20.9. The molecule has 2 saturated heterocycles. The first-order chi connectivity index (χ1) is 14.1. The van der Waals surface area contributed by atoms with Gasteiger partial charge in [0.25, 0.3) is 5.91 Å². The molecule has 10 heteroatoms. The molecule has 2 fully saturated rings. The predicted molar refractivity (Wildman–Crippen MR) is 103 cm³/mol. The highest BCUT2D eigenvalue weighted by Gasteiger charge is 2.54. The van der Waals surface area contributed by atoms with Gasteiger partial charge in [-0.05, 0) is 22.6 Å². The van der Waals surface area contributed by atoms with E-state index >= 15 is 0 Å². The van der Waals surface area contributed by atoms with Gasteiger partial charge in [0.2, 0.25) is 5.95 Å². The number of para-hydroxylation sites is 1. The molecule has 2 aliphatic rings. The summed E-state index contributed by atoms with van der Waals surface area (Å²) in [6, 6.07) is 9.73. The predicted octanol–water partition coefficient (Wildman–Crippen LogP) is -0.0333. The Kier molecular flexibility index (Phi) is 4.09. The van der Waals surface area contributed by atoms with E-state index in [2.05, 4.69) is 25.4 Å². The fourth-order valence-electron chi connectivity index (χ4n) is 4.51. The normalized spacial score (nSPS) is 23.6. The minimum absolute atomic E-state index is 0.00701. The second-order valence-corrected chi connectivity index (χ2v) is 7.93. The molecule has 3 aromatic rings. The molecule has 29 heavy (non-hydrogen) atoms. The molecule has 1 aromatic carbocycles. The van der Waals surface area contributed by atoms with Gasteiger partial charge in [0.1, 0.15) is 5.69 Å². The lowest BCUT2D eigenvalue weighted by molar-refractivity contribution is 0.0742. The monoisotopic (exact) mass is 394 g/mol. The summed E-state index contributed by atoms with van der Waals surface area (Å²) < 4.78 is 3.47. The molecule has 0 spiro atoms. The largest absolute Gasteiger partial charge is 0.396 e. The number of amides is 1. The van der Waals surface area contributed by atoms with Crippen LogP contribution in [0.25, 0.3) is 5.69 Å². The van der Waals surface area contributed by atoms with Gasteiger partial charge in [-0.25, -0.2) is 4.98 Å². The van der Waals surface area contributed by atoms with Gasteiger partial charge in [-0.3, -0.25) is 4.79 Å². The molecular formula is C19H22N8O2. The molecule has 1 amide bonds. The summed E-state index contributed by atoms with van der Waals surface area (Å²) in [5.74, 6) is 0.704. The lowest BCUT2D eigenvalue weighted by atomic mass is 9.82. The average Bonchev–Trinajstić information content (AvgIpc) is 3.50. The molecule has 2 aromatic heterocycles. The van der Waals surface area contributed by atoms with Crippen LogP contribution in [0, 0.1) is 11.3 Å². The van der Waals surface area contributed by atoms with Crippen LogP contribution in [0.5, 0.6) is 0 Å². The zero-order chi connectivity index (χ0) is 20.0. The zero-order valence-corrected chi connectivity index (χ0v) is 16.1. The van der Waals surface area contributed by atoms with Crippen molar-refractivity contribution in [3.05, 3.63) is 48.5 Å². The number of tetrazole rings is 1. The summed E-state index contributed by atoms with van der Waals surface area (Å²) in [5, 5.41) is 22.5. The summed E-state index contributed by atoms with van der Waals surface area (Å²) in [7, 11) is 1.84. The Hall–Kier alpha value is -3.27. The van der Waals surface area contributed by atoms with Gasteiger partial charge in [-0.2, -0.15) is 4.68 Å². The fourth-order valence-corrected chi connectivity index (χ4v) is 4.51. The molecule has 10 nitrogen and oxygen atoms in total. The Morgan fingerprint density at radius 1 is 1.24 bits per heavy atom. The highest BCUT2D eigenvalue weighted by molar-refractivity contribution is 5.92. The van der Waals surface area contributed by atoms with Crippen LogP contribution in [0.1, 0.15) is 10.5 Å². The lowest BCUT2D eigenvalue weighted by Crippen LogP contribution is -2.39. The lowest BCUT2D eigenvalue weighted by Gasteiger charge is -2.27. The van der Waals surface area contributed by atoms with Crippen molar-refractivity contribution in [2.75, 3.05) is 37.7 Å². The molecule has 0 bridgehead atoms. The number of aryl methyl sites for hydroxylation is 1. The first-order valence-corrected chi connectivity index (χ1v) is 9.56. The molecule has 0 saturated carbocycles. The number of anilines is 1.